The van der Waals surface area contributed by atoms with Crippen molar-refractivity contribution in [3.63, 3.8) is 0 Å². The minimum atomic E-state index is 0.855. The van der Waals surface area contributed by atoms with E-state index in [0.717, 1.165) is 18.2 Å². The SMILES string of the molecule is Nc1ccc(CN2CCN(CC3CC3)CC2)cc1. The molecule has 2 fully saturated rings. The number of hydrogen-bond donors (Lipinski definition) is 1. The maximum Gasteiger partial charge on any atom is 0.0314 e. The molecule has 18 heavy (non-hydrogen) atoms. The van der Waals surface area contributed by atoms with Crippen LogP contribution in [0.1, 0.15) is 18.4 Å². The molecule has 1 saturated heterocycles. The van der Waals surface area contributed by atoms with Crippen molar-refractivity contribution in [1.29, 1.82) is 0 Å². The highest BCUT2D eigenvalue weighted by Gasteiger charge is 2.26. The average Bonchev–Trinajstić information content (AvgIpc) is 3.19. The molecule has 0 spiro atoms. The molecule has 2 aliphatic rings. The van der Waals surface area contributed by atoms with Crippen LogP contribution >= 0.6 is 0 Å². The van der Waals surface area contributed by atoms with Crippen LogP contribution in [0.3, 0.4) is 0 Å². The number of benzene rings is 1. The lowest BCUT2D eigenvalue weighted by Crippen LogP contribution is -2.46. The first-order valence-corrected chi connectivity index (χ1v) is 7.09. The summed E-state index contributed by atoms with van der Waals surface area (Å²) in [6.07, 6.45) is 2.93. The van der Waals surface area contributed by atoms with Crippen LogP contribution in [0.25, 0.3) is 0 Å². The fraction of sp³-hybridized carbons (Fsp3) is 0.600. The molecular formula is C15H23N3. The lowest BCUT2D eigenvalue weighted by molar-refractivity contribution is 0.123. The summed E-state index contributed by atoms with van der Waals surface area (Å²) in [4.78, 5) is 5.19. The van der Waals surface area contributed by atoms with Crippen LogP contribution in [0, 0.1) is 5.92 Å². The molecule has 1 aromatic rings. The van der Waals surface area contributed by atoms with E-state index in [1.807, 2.05) is 12.1 Å². The van der Waals surface area contributed by atoms with Gasteiger partial charge in [0.25, 0.3) is 0 Å². The van der Waals surface area contributed by atoms with Gasteiger partial charge in [-0.15, -0.1) is 0 Å². The molecule has 0 radical (unpaired) electrons. The first-order chi connectivity index (χ1) is 8.79. The van der Waals surface area contributed by atoms with Gasteiger partial charge in [-0.1, -0.05) is 12.1 Å². The number of hydrogen-bond acceptors (Lipinski definition) is 3. The Morgan fingerprint density at radius 1 is 0.944 bits per heavy atom. The number of nitrogens with zero attached hydrogens (tertiary/aromatic N) is 2. The average molecular weight is 245 g/mol. The van der Waals surface area contributed by atoms with Crippen molar-refractivity contribution in [2.75, 3.05) is 38.5 Å². The van der Waals surface area contributed by atoms with Crippen LogP contribution in [0.4, 0.5) is 5.69 Å². The second-order valence-corrected chi connectivity index (χ2v) is 5.76. The van der Waals surface area contributed by atoms with Gasteiger partial charge in [0.15, 0.2) is 0 Å². The molecule has 1 aliphatic heterocycles. The molecule has 2 N–H and O–H groups in total. The standard InChI is InChI=1S/C15H23N3/c16-15-5-3-14(4-6-15)12-18-9-7-17(8-10-18)11-13-1-2-13/h3-6,13H,1-2,7-12,16H2. The number of anilines is 1. The lowest BCUT2D eigenvalue weighted by atomic mass is 10.2. The van der Waals surface area contributed by atoms with Gasteiger partial charge in [-0.05, 0) is 36.5 Å². The fourth-order valence-corrected chi connectivity index (χ4v) is 2.68. The Hall–Kier alpha value is -1.06. The maximum absolute atomic E-state index is 5.71. The van der Waals surface area contributed by atoms with Crippen LogP contribution in [0.2, 0.25) is 0 Å². The Labute approximate surface area is 110 Å². The van der Waals surface area contributed by atoms with E-state index in [4.69, 9.17) is 5.73 Å². The summed E-state index contributed by atoms with van der Waals surface area (Å²) in [5, 5.41) is 0. The van der Waals surface area contributed by atoms with Gasteiger partial charge in [-0.25, -0.2) is 0 Å². The molecule has 3 heteroatoms. The van der Waals surface area contributed by atoms with E-state index in [2.05, 4.69) is 21.9 Å². The van der Waals surface area contributed by atoms with E-state index in [-0.39, 0.29) is 0 Å². The van der Waals surface area contributed by atoms with Crippen LogP contribution in [-0.4, -0.2) is 42.5 Å². The molecule has 0 bridgehead atoms. The number of piperazine rings is 1. The largest absolute Gasteiger partial charge is 0.399 e. The smallest absolute Gasteiger partial charge is 0.0314 e. The van der Waals surface area contributed by atoms with Gasteiger partial charge in [-0.3, -0.25) is 4.90 Å². The Balaban J connectivity index is 1.45. The second-order valence-electron chi connectivity index (χ2n) is 5.76. The molecule has 1 aliphatic carbocycles. The molecule has 3 nitrogen and oxygen atoms in total. The zero-order valence-corrected chi connectivity index (χ0v) is 11.0. The summed E-state index contributed by atoms with van der Waals surface area (Å²) in [5.41, 5.74) is 7.94. The molecule has 0 amide bonds. The molecule has 0 aromatic heterocycles. The van der Waals surface area contributed by atoms with Crippen LogP contribution in [0.15, 0.2) is 24.3 Å². The topological polar surface area (TPSA) is 32.5 Å². The summed E-state index contributed by atoms with van der Waals surface area (Å²) < 4.78 is 0. The summed E-state index contributed by atoms with van der Waals surface area (Å²) in [7, 11) is 0. The minimum Gasteiger partial charge on any atom is -0.399 e. The van der Waals surface area contributed by atoms with E-state index in [1.54, 1.807) is 0 Å². The quantitative estimate of drug-likeness (QED) is 0.821. The summed E-state index contributed by atoms with van der Waals surface area (Å²) in [5.74, 6) is 1.02. The van der Waals surface area contributed by atoms with Crippen molar-refractivity contribution in [2.45, 2.75) is 19.4 Å². The molecule has 3 rings (SSSR count). The van der Waals surface area contributed by atoms with Gasteiger partial charge in [-0.2, -0.15) is 0 Å². The molecule has 1 heterocycles. The number of nitrogens with two attached hydrogens (primary N) is 1. The van der Waals surface area contributed by atoms with Crippen molar-refractivity contribution in [2.24, 2.45) is 5.92 Å². The van der Waals surface area contributed by atoms with Crippen molar-refractivity contribution >= 4 is 5.69 Å². The Kier molecular flexibility index (Phi) is 3.52. The third-order valence-electron chi connectivity index (χ3n) is 4.06. The Morgan fingerprint density at radius 2 is 1.56 bits per heavy atom. The van der Waals surface area contributed by atoms with Crippen LogP contribution in [-0.2, 0) is 6.54 Å². The van der Waals surface area contributed by atoms with Crippen LogP contribution < -0.4 is 5.73 Å². The third-order valence-corrected chi connectivity index (χ3v) is 4.06. The van der Waals surface area contributed by atoms with E-state index in [9.17, 15) is 0 Å². The lowest BCUT2D eigenvalue weighted by Gasteiger charge is -2.34. The van der Waals surface area contributed by atoms with E-state index in [0.29, 0.717) is 0 Å². The predicted octanol–water partition coefficient (Wildman–Crippen LogP) is 1.80. The van der Waals surface area contributed by atoms with Gasteiger partial charge in [0.2, 0.25) is 0 Å². The van der Waals surface area contributed by atoms with Crippen molar-refractivity contribution in [1.82, 2.24) is 9.80 Å². The maximum atomic E-state index is 5.71. The molecule has 0 atom stereocenters. The number of nitrogen functional groups attached to an aromatic ring is 1. The first-order valence-electron chi connectivity index (χ1n) is 7.09. The minimum absolute atomic E-state index is 0.855. The molecule has 98 valence electrons. The highest BCUT2D eigenvalue weighted by molar-refractivity contribution is 5.39. The highest BCUT2D eigenvalue weighted by atomic mass is 15.3. The summed E-state index contributed by atoms with van der Waals surface area (Å²) in [6.45, 7) is 7.30. The van der Waals surface area contributed by atoms with Crippen molar-refractivity contribution in [3.8, 4) is 0 Å². The van der Waals surface area contributed by atoms with Gasteiger partial charge in [0, 0.05) is 45.0 Å². The van der Waals surface area contributed by atoms with Crippen LogP contribution in [0.5, 0.6) is 0 Å². The summed E-state index contributed by atoms with van der Waals surface area (Å²) >= 11 is 0. The van der Waals surface area contributed by atoms with E-state index < -0.39 is 0 Å². The highest BCUT2D eigenvalue weighted by Crippen LogP contribution is 2.29. The van der Waals surface area contributed by atoms with Gasteiger partial charge < -0.3 is 10.6 Å². The van der Waals surface area contributed by atoms with Gasteiger partial charge in [0.1, 0.15) is 0 Å². The zero-order chi connectivity index (χ0) is 12.4. The van der Waals surface area contributed by atoms with E-state index >= 15 is 0 Å². The Bertz CT molecular complexity index is 375. The van der Waals surface area contributed by atoms with E-state index in [1.165, 1.54) is 51.1 Å². The molecule has 1 saturated carbocycles. The van der Waals surface area contributed by atoms with Gasteiger partial charge in [0.05, 0.1) is 0 Å². The first kappa shape index (κ1) is 12.0. The van der Waals surface area contributed by atoms with Crippen molar-refractivity contribution in [3.05, 3.63) is 29.8 Å². The Morgan fingerprint density at radius 3 is 2.17 bits per heavy atom. The van der Waals surface area contributed by atoms with Gasteiger partial charge >= 0.3 is 0 Å². The third kappa shape index (κ3) is 3.24. The fourth-order valence-electron chi connectivity index (χ4n) is 2.68. The van der Waals surface area contributed by atoms with Crippen molar-refractivity contribution < 1.29 is 0 Å². The summed E-state index contributed by atoms with van der Waals surface area (Å²) in [6, 6.07) is 8.29. The molecular weight excluding hydrogens is 222 g/mol. The zero-order valence-electron chi connectivity index (χ0n) is 11.0. The molecule has 0 unspecified atom stereocenters. The predicted molar refractivity (Wildman–Crippen MR) is 75.3 cm³/mol. The monoisotopic (exact) mass is 245 g/mol. The second kappa shape index (κ2) is 5.29. The normalized spacial score (nSPS) is 22.2. The number of rotatable bonds is 4. The molecule has 1 aromatic carbocycles.